The van der Waals surface area contributed by atoms with Gasteiger partial charge in [0.05, 0.1) is 23.4 Å². The normalized spacial score (nSPS) is 25.6. The Balaban J connectivity index is 2.04. The third kappa shape index (κ3) is 3.17. The Kier molecular flexibility index (Phi) is 4.42. The van der Waals surface area contributed by atoms with E-state index >= 15 is 0 Å². The quantitative estimate of drug-likeness (QED) is 0.924. The number of hydrogen-bond acceptors (Lipinski definition) is 4. The highest BCUT2D eigenvalue weighted by Gasteiger charge is 2.42. The number of aryl methyl sites for hydroxylation is 1. The Morgan fingerprint density at radius 1 is 1.45 bits per heavy atom. The molecule has 1 heterocycles. The molecule has 1 aromatic heterocycles. The molecule has 1 aliphatic carbocycles. The lowest BCUT2D eigenvalue weighted by molar-refractivity contribution is -0.148. The molecule has 1 aliphatic rings. The fourth-order valence-corrected chi connectivity index (χ4v) is 3.76. The van der Waals surface area contributed by atoms with E-state index in [1.807, 2.05) is 13.8 Å². The lowest BCUT2D eigenvalue weighted by Crippen LogP contribution is -2.36. The van der Waals surface area contributed by atoms with Gasteiger partial charge in [0.25, 0.3) is 0 Å². The molecular formula is C14H20N2O3S. The predicted molar refractivity (Wildman–Crippen MR) is 76.3 cm³/mol. The third-order valence-corrected chi connectivity index (χ3v) is 4.77. The van der Waals surface area contributed by atoms with Crippen LogP contribution in [-0.2, 0) is 16.1 Å². The average Bonchev–Trinajstić information content (AvgIpc) is 2.94. The van der Waals surface area contributed by atoms with Gasteiger partial charge >= 0.3 is 5.97 Å². The molecule has 5 nitrogen and oxygen atoms in total. The van der Waals surface area contributed by atoms with Crippen LogP contribution in [-0.4, -0.2) is 33.9 Å². The van der Waals surface area contributed by atoms with Gasteiger partial charge < -0.3 is 10.0 Å². The second-order valence-electron chi connectivity index (χ2n) is 5.67. The molecule has 1 fully saturated rings. The van der Waals surface area contributed by atoms with Crippen molar-refractivity contribution in [3.63, 3.8) is 0 Å². The first-order chi connectivity index (χ1) is 9.38. The van der Waals surface area contributed by atoms with Gasteiger partial charge in [-0.15, -0.1) is 11.3 Å². The van der Waals surface area contributed by atoms with E-state index in [9.17, 15) is 14.7 Å². The monoisotopic (exact) mass is 296 g/mol. The van der Waals surface area contributed by atoms with E-state index < -0.39 is 11.9 Å². The van der Waals surface area contributed by atoms with Crippen molar-refractivity contribution in [2.24, 2.45) is 17.8 Å². The maximum Gasteiger partial charge on any atom is 0.307 e. The number of hydrogen-bond donors (Lipinski definition) is 1. The van der Waals surface area contributed by atoms with Gasteiger partial charge in [0.15, 0.2) is 0 Å². The molecular weight excluding hydrogens is 276 g/mol. The summed E-state index contributed by atoms with van der Waals surface area (Å²) in [6.07, 6.45) is 3.04. The van der Waals surface area contributed by atoms with E-state index in [4.69, 9.17) is 0 Å². The summed E-state index contributed by atoms with van der Waals surface area (Å²) in [5, 5.41) is 10.2. The van der Waals surface area contributed by atoms with Gasteiger partial charge in [0, 0.05) is 18.1 Å². The predicted octanol–water partition coefficient (Wildman–Crippen LogP) is 2.16. The number of aliphatic carboxylic acids is 1. The highest BCUT2D eigenvalue weighted by atomic mass is 32.1. The standard InChI is InChI=1S/C14H20N2O3S/c1-8-4-11(12(5-8)14(18)19)13(17)16(3)7-10-6-15-9(2)20-10/h6,8,11-12H,4-5,7H2,1-3H3,(H,18,19). The molecule has 1 aromatic rings. The highest BCUT2D eigenvalue weighted by Crippen LogP contribution is 2.37. The summed E-state index contributed by atoms with van der Waals surface area (Å²) in [5.41, 5.74) is 0. The first kappa shape index (κ1) is 15.0. The van der Waals surface area contributed by atoms with Crippen LogP contribution in [0.2, 0.25) is 0 Å². The number of carboxylic acids is 1. The van der Waals surface area contributed by atoms with Gasteiger partial charge in [0.1, 0.15) is 0 Å². The highest BCUT2D eigenvalue weighted by molar-refractivity contribution is 7.11. The van der Waals surface area contributed by atoms with Crippen molar-refractivity contribution in [3.05, 3.63) is 16.1 Å². The molecule has 2 rings (SSSR count). The molecule has 6 heteroatoms. The summed E-state index contributed by atoms with van der Waals surface area (Å²) in [6, 6.07) is 0. The van der Waals surface area contributed by atoms with E-state index in [1.54, 1.807) is 29.5 Å². The summed E-state index contributed by atoms with van der Waals surface area (Å²) in [4.78, 5) is 30.6. The van der Waals surface area contributed by atoms with Gasteiger partial charge in [-0.2, -0.15) is 0 Å². The van der Waals surface area contributed by atoms with Gasteiger partial charge in [-0.25, -0.2) is 4.98 Å². The summed E-state index contributed by atoms with van der Waals surface area (Å²) < 4.78 is 0. The van der Waals surface area contributed by atoms with Crippen molar-refractivity contribution < 1.29 is 14.7 Å². The maximum atomic E-state index is 12.5. The summed E-state index contributed by atoms with van der Waals surface area (Å²) >= 11 is 1.56. The topological polar surface area (TPSA) is 70.5 Å². The Morgan fingerprint density at radius 2 is 2.10 bits per heavy atom. The number of carbonyl (C=O) groups excluding carboxylic acids is 1. The minimum atomic E-state index is -0.852. The molecule has 1 N–H and O–H groups in total. The van der Waals surface area contributed by atoms with Crippen LogP contribution < -0.4 is 0 Å². The van der Waals surface area contributed by atoms with Crippen LogP contribution in [0.1, 0.15) is 29.7 Å². The van der Waals surface area contributed by atoms with E-state index in [0.717, 1.165) is 9.88 Å². The lowest BCUT2D eigenvalue weighted by atomic mass is 9.95. The second-order valence-corrected chi connectivity index (χ2v) is 6.99. The zero-order valence-corrected chi connectivity index (χ0v) is 12.8. The van der Waals surface area contributed by atoms with Crippen molar-refractivity contribution in [2.75, 3.05) is 7.05 Å². The van der Waals surface area contributed by atoms with E-state index in [0.29, 0.717) is 25.3 Å². The van der Waals surface area contributed by atoms with Crippen LogP contribution in [0, 0.1) is 24.7 Å². The van der Waals surface area contributed by atoms with Gasteiger partial charge in [-0.3, -0.25) is 9.59 Å². The summed E-state index contributed by atoms with van der Waals surface area (Å²) in [6.45, 7) is 4.44. The fourth-order valence-electron chi connectivity index (χ4n) is 2.91. The smallest absolute Gasteiger partial charge is 0.307 e. The van der Waals surface area contributed by atoms with Crippen LogP contribution in [0.25, 0.3) is 0 Å². The number of aromatic nitrogens is 1. The number of carbonyl (C=O) groups is 2. The van der Waals surface area contributed by atoms with Crippen LogP contribution >= 0.6 is 11.3 Å². The lowest BCUT2D eigenvalue weighted by Gasteiger charge is -2.22. The Bertz CT molecular complexity index is 514. The van der Waals surface area contributed by atoms with Crippen molar-refractivity contribution in [1.29, 1.82) is 0 Å². The molecule has 0 radical (unpaired) electrons. The Labute approximate surface area is 122 Å². The fraction of sp³-hybridized carbons (Fsp3) is 0.643. The van der Waals surface area contributed by atoms with Crippen molar-refractivity contribution in [2.45, 2.75) is 33.2 Å². The summed E-state index contributed by atoms with van der Waals surface area (Å²) in [5.74, 6) is -1.55. The van der Waals surface area contributed by atoms with E-state index in [2.05, 4.69) is 4.98 Å². The molecule has 0 spiro atoms. The van der Waals surface area contributed by atoms with E-state index in [-0.39, 0.29) is 11.8 Å². The van der Waals surface area contributed by atoms with Crippen molar-refractivity contribution in [1.82, 2.24) is 9.88 Å². The minimum Gasteiger partial charge on any atom is -0.481 e. The first-order valence-electron chi connectivity index (χ1n) is 6.77. The van der Waals surface area contributed by atoms with Crippen molar-refractivity contribution >= 4 is 23.2 Å². The molecule has 0 saturated heterocycles. The SMILES string of the molecule is Cc1ncc(CN(C)C(=O)C2CC(C)CC2C(=O)O)s1. The molecule has 1 amide bonds. The Hall–Kier alpha value is -1.43. The number of rotatable bonds is 4. The van der Waals surface area contributed by atoms with Crippen LogP contribution in [0.5, 0.6) is 0 Å². The second kappa shape index (κ2) is 5.91. The average molecular weight is 296 g/mol. The van der Waals surface area contributed by atoms with Gasteiger partial charge in [0.2, 0.25) is 5.91 Å². The van der Waals surface area contributed by atoms with Crippen LogP contribution in [0.4, 0.5) is 0 Å². The minimum absolute atomic E-state index is 0.0622. The number of amides is 1. The first-order valence-corrected chi connectivity index (χ1v) is 7.59. The molecule has 1 saturated carbocycles. The maximum absolute atomic E-state index is 12.5. The zero-order valence-electron chi connectivity index (χ0n) is 12.0. The molecule has 3 unspecified atom stereocenters. The molecule has 3 atom stereocenters. The van der Waals surface area contributed by atoms with Crippen LogP contribution in [0.3, 0.4) is 0 Å². The molecule has 110 valence electrons. The third-order valence-electron chi connectivity index (χ3n) is 3.87. The summed E-state index contributed by atoms with van der Waals surface area (Å²) in [7, 11) is 1.74. The van der Waals surface area contributed by atoms with Gasteiger partial charge in [-0.1, -0.05) is 6.92 Å². The van der Waals surface area contributed by atoms with E-state index in [1.165, 1.54) is 0 Å². The Morgan fingerprint density at radius 3 is 2.65 bits per heavy atom. The molecule has 0 aromatic carbocycles. The molecule has 0 bridgehead atoms. The van der Waals surface area contributed by atoms with Gasteiger partial charge in [-0.05, 0) is 25.7 Å². The molecule has 0 aliphatic heterocycles. The number of carboxylic acid groups (broad SMARTS) is 1. The van der Waals surface area contributed by atoms with Crippen LogP contribution in [0.15, 0.2) is 6.20 Å². The largest absolute Gasteiger partial charge is 0.481 e. The zero-order chi connectivity index (χ0) is 14.9. The number of nitrogens with zero attached hydrogens (tertiary/aromatic N) is 2. The van der Waals surface area contributed by atoms with Crippen molar-refractivity contribution in [3.8, 4) is 0 Å². The number of thiazole rings is 1. The molecule has 20 heavy (non-hydrogen) atoms.